The number of hydrogen-bond donors (Lipinski definition) is 3. The molecule has 2 aliphatic rings. The van der Waals surface area contributed by atoms with Gasteiger partial charge in [-0.25, -0.2) is 4.79 Å². The summed E-state index contributed by atoms with van der Waals surface area (Å²) in [6.07, 6.45) is -0.466. The number of carbonyl (C=O) groups excluding carboxylic acids is 2. The summed E-state index contributed by atoms with van der Waals surface area (Å²) < 4.78 is 18.0. The quantitative estimate of drug-likeness (QED) is 0.269. The minimum absolute atomic E-state index is 0.00142. The van der Waals surface area contributed by atoms with Crippen LogP contribution in [-0.2, 0) is 18.8 Å². The van der Waals surface area contributed by atoms with E-state index in [0.29, 0.717) is 12.2 Å². The zero-order valence-corrected chi connectivity index (χ0v) is 26.8. The van der Waals surface area contributed by atoms with Crippen molar-refractivity contribution < 1.29 is 23.6 Å². The molecule has 2 amide bonds. The number of nitrogens with one attached hydrogen (secondary N) is 3. The standard InChI is InChI=1S/C35H44BN3O5/c1-22(2)31(39-33(41)42-21-30-28-14-10-8-12-26(28)27-13-9-11-15-29(27)30)20-37-23(3)32(40)38-25-18-16-24(17-19-25)36-43-34(4,5)35(6,7)44-36/h8-19,22-23,30-31,37H,20-21H2,1-7H3,(H,38,40)(H,39,41)/t23-,31?/m0/s1. The molecule has 5 rings (SSSR count). The zero-order chi connectivity index (χ0) is 31.6. The summed E-state index contributed by atoms with van der Waals surface area (Å²) in [6, 6.07) is 23.3. The lowest BCUT2D eigenvalue weighted by Crippen LogP contribution is -2.49. The van der Waals surface area contributed by atoms with Crippen molar-refractivity contribution in [2.45, 2.75) is 77.7 Å². The molecule has 1 unspecified atom stereocenters. The van der Waals surface area contributed by atoms with Gasteiger partial charge in [0.05, 0.1) is 17.2 Å². The fraction of sp³-hybridized carbons (Fsp3) is 0.429. The van der Waals surface area contributed by atoms with Gasteiger partial charge in [-0.2, -0.15) is 0 Å². The monoisotopic (exact) mass is 597 g/mol. The van der Waals surface area contributed by atoms with Crippen LogP contribution in [0.4, 0.5) is 10.5 Å². The number of hydrogen-bond acceptors (Lipinski definition) is 6. The molecular formula is C35H44BN3O5. The molecule has 0 radical (unpaired) electrons. The fourth-order valence-corrected chi connectivity index (χ4v) is 5.59. The summed E-state index contributed by atoms with van der Waals surface area (Å²) in [5.74, 6) is -0.0451. The van der Waals surface area contributed by atoms with E-state index >= 15 is 0 Å². The molecule has 9 heteroatoms. The lowest BCUT2D eigenvalue weighted by molar-refractivity contribution is -0.117. The third-order valence-corrected chi connectivity index (χ3v) is 9.19. The molecule has 3 aromatic carbocycles. The van der Waals surface area contributed by atoms with Crippen molar-refractivity contribution in [1.29, 1.82) is 0 Å². The maximum atomic E-state index is 12.9. The molecule has 0 spiro atoms. The van der Waals surface area contributed by atoms with Crippen molar-refractivity contribution in [2.75, 3.05) is 18.5 Å². The summed E-state index contributed by atoms with van der Waals surface area (Å²) >= 11 is 0. The molecule has 1 saturated heterocycles. The Morgan fingerprint density at radius 3 is 1.93 bits per heavy atom. The van der Waals surface area contributed by atoms with E-state index in [9.17, 15) is 9.59 Å². The van der Waals surface area contributed by atoms with Crippen LogP contribution in [-0.4, -0.2) is 55.6 Å². The molecule has 2 atom stereocenters. The maximum absolute atomic E-state index is 12.9. The van der Waals surface area contributed by atoms with E-state index in [0.717, 1.165) is 5.46 Å². The number of carbonyl (C=O) groups is 2. The van der Waals surface area contributed by atoms with Gasteiger partial charge in [-0.05, 0) is 80.4 Å². The van der Waals surface area contributed by atoms with Crippen LogP contribution >= 0.6 is 0 Å². The average molecular weight is 598 g/mol. The number of anilines is 1. The molecule has 8 nitrogen and oxygen atoms in total. The minimum atomic E-state index is -0.483. The van der Waals surface area contributed by atoms with Crippen LogP contribution in [0.1, 0.15) is 65.5 Å². The topological polar surface area (TPSA) is 97.9 Å². The van der Waals surface area contributed by atoms with Gasteiger partial charge in [-0.1, -0.05) is 74.5 Å². The van der Waals surface area contributed by atoms with Crippen molar-refractivity contribution in [3.8, 4) is 11.1 Å². The molecule has 3 N–H and O–H groups in total. The van der Waals surface area contributed by atoms with Gasteiger partial charge in [0.25, 0.3) is 0 Å². The first kappa shape index (κ1) is 31.8. The lowest BCUT2D eigenvalue weighted by atomic mass is 9.79. The summed E-state index contributed by atoms with van der Waals surface area (Å²) in [7, 11) is -0.456. The zero-order valence-electron chi connectivity index (χ0n) is 26.8. The Morgan fingerprint density at radius 2 is 1.39 bits per heavy atom. The van der Waals surface area contributed by atoms with E-state index in [-0.39, 0.29) is 30.4 Å². The molecule has 232 valence electrons. The molecule has 44 heavy (non-hydrogen) atoms. The number of fused-ring (bicyclic) bond motifs is 3. The smallest absolute Gasteiger partial charge is 0.449 e. The summed E-state index contributed by atoms with van der Waals surface area (Å²) in [6.45, 7) is 14.6. The van der Waals surface area contributed by atoms with Crippen molar-refractivity contribution in [3.05, 3.63) is 83.9 Å². The summed E-state index contributed by atoms with van der Waals surface area (Å²) in [5, 5.41) is 9.22. The number of rotatable bonds is 10. The SMILES string of the molecule is CC(C)C(CN[C@@H](C)C(=O)Nc1ccc(B2OC(C)(C)C(C)(C)O2)cc1)NC(=O)OCC1c2ccccc2-c2ccccc21. The number of amides is 2. The van der Waals surface area contributed by atoms with Gasteiger partial charge in [0.1, 0.15) is 6.61 Å². The molecule has 1 aliphatic carbocycles. The second-order valence-electron chi connectivity index (χ2n) is 13.1. The van der Waals surface area contributed by atoms with E-state index in [4.69, 9.17) is 14.0 Å². The Bertz CT molecular complexity index is 1430. The Labute approximate surface area is 261 Å². The Morgan fingerprint density at radius 1 is 0.841 bits per heavy atom. The normalized spacial score (nSPS) is 18.0. The van der Waals surface area contributed by atoms with Crippen molar-refractivity contribution in [3.63, 3.8) is 0 Å². The molecule has 0 bridgehead atoms. The third kappa shape index (κ3) is 6.70. The highest BCUT2D eigenvalue weighted by Gasteiger charge is 2.51. The lowest BCUT2D eigenvalue weighted by Gasteiger charge is -2.32. The number of alkyl carbamates (subject to hydrolysis) is 1. The van der Waals surface area contributed by atoms with E-state index in [1.54, 1.807) is 6.92 Å². The van der Waals surface area contributed by atoms with E-state index < -0.39 is 30.5 Å². The van der Waals surface area contributed by atoms with Crippen molar-refractivity contribution in [1.82, 2.24) is 10.6 Å². The molecule has 0 saturated carbocycles. The molecule has 3 aromatic rings. The highest BCUT2D eigenvalue weighted by Crippen LogP contribution is 2.44. The molecule has 1 fully saturated rings. The predicted molar refractivity (Wildman–Crippen MR) is 175 cm³/mol. The van der Waals surface area contributed by atoms with Crippen LogP contribution in [0.25, 0.3) is 11.1 Å². The van der Waals surface area contributed by atoms with Crippen LogP contribution in [0.3, 0.4) is 0 Å². The van der Waals surface area contributed by atoms with Crippen molar-refractivity contribution >= 4 is 30.3 Å². The van der Waals surface area contributed by atoms with Crippen LogP contribution in [0.15, 0.2) is 72.8 Å². The van der Waals surface area contributed by atoms with Gasteiger partial charge < -0.3 is 30.0 Å². The van der Waals surface area contributed by atoms with E-state index in [2.05, 4.69) is 40.2 Å². The first-order valence-corrected chi connectivity index (χ1v) is 15.5. The van der Waals surface area contributed by atoms with E-state index in [1.807, 2.05) is 90.1 Å². The Balaban J connectivity index is 1.10. The van der Waals surface area contributed by atoms with Crippen LogP contribution in [0.5, 0.6) is 0 Å². The Hall–Kier alpha value is -3.66. The first-order chi connectivity index (χ1) is 20.9. The van der Waals surface area contributed by atoms with Gasteiger partial charge in [0.15, 0.2) is 0 Å². The van der Waals surface area contributed by atoms with Crippen LogP contribution < -0.4 is 21.4 Å². The summed E-state index contributed by atoms with van der Waals surface area (Å²) in [5.41, 5.74) is 5.47. The second kappa shape index (κ2) is 12.8. The fourth-order valence-electron chi connectivity index (χ4n) is 5.59. The molecule has 1 heterocycles. The largest absolute Gasteiger partial charge is 0.494 e. The van der Waals surface area contributed by atoms with E-state index in [1.165, 1.54) is 22.3 Å². The van der Waals surface area contributed by atoms with Crippen LogP contribution in [0, 0.1) is 5.92 Å². The van der Waals surface area contributed by atoms with Crippen LogP contribution in [0.2, 0.25) is 0 Å². The maximum Gasteiger partial charge on any atom is 0.494 e. The highest BCUT2D eigenvalue weighted by atomic mass is 16.7. The average Bonchev–Trinajstić information content (AvgIpc) is 3.42. The predicted octanol–water partition coefficient (Wildman–Crippen LogP) is 5.47. The molecular weight excluding hydrogens is 553 g/mol. The minimum Gasteiger partial charge on any atom is -0.449 e. The van der Waals surface area contributed by atoms with Gasteiger partial charge >= 0.3 is 13.2 Å². The molecule has 0 aromatic heterocycles. The van der Waals surface area contributed by atoms with Gasteiger partial charge in [0, 0.05) is 24.2 Å². The Kier molecular flexibility index (Phi) is 9.21. The van der Waals surface area contributed by atoms with Gasteiger partial charge in [-0.15, -0.1) is 0 Å². The highest BCUT2D eigenvalue weighted by molar-refractivity contribution is 6.62. The van der Waals surface area contributed by atoms with Crippen molar-refractivity contribution in [2.24, 2.45) is 5.92 Å². The van der Waals surface area contributed by atoms with Gasteiger partial charge in [0.2, 0.25) is 5.91 Å². The first-order valence-electron chi connectivity index (χ1n) is 15.5. The van der Waals surface area contributed by atoms with Gasteiger partial charge in [-0.3, -0.25) is 4.79 Å². The molecule has 1 aliphatic heterocycles. The number of ether oxygens (including phenoxy) is 1. The third-order valence-electron chi connectivity index (χ3n) is 9.19. The summed E-state index contributed by atoms with van der Waals surface area (Å²) in [4.78, 5) is 25.8. The second-order valence-corrected chi connectivity index (χ2v) is 13.1. The number of benzene rings is 3.